The summed E-state index contributed by atoms with van der Waals surface area (Å²) in [6.45, 7) is 3.13. The number of anilines is 1. The van der Waals surface area contributed by atoms with Crippen molar-refractivity contribution in [3.05, 3.63) is 99.0 Å². The molecule has 1 saturated carbocycles. The molecule has 1 aliphatic carbocycles. The summed E-state index contributed by atoms with van der Waals surface area (Å²) >= 11 is 12.8. The van der Waals surface area contributed by atoms with Gasteiger partial charge in [-0.3, -0.25) is 9.59 Å². The van der Waals surface area contributed by atoms with E-state index in [9.17, 15) is 18.0 Å². The average molecular weight is 674 g/mol. The van der Waals surface area contributed by atoms with Gasteiger partial charge in [-0.1, -0.05) is 91.0 Å². The number of nitrogens with zero attached hydrogens (tertiary/aromatic N) is 3. The molecular weight excluding hydrogens is 631 g/mol. The fraction of sp³-hybridized carbons (Fsp3) is 0.412. The van der Waals surface area contributed by atoms with Crippen LogP contribution in [-0.4, -0.2) is 62.2 Å². The molecule has 0 aliphatic heterocycles. The number of hydrogen-bond acceptors (Lipinski definition) is 4. The number of aryl methyl sites for hydroxylation is 2. The molecule has 0 saturated heterocycles. The fourth-order valence-corrected chi connectivity index (χ4v) is 7.20. The molecule has 1 fully saturated rings. The lowest BCUT2D eigenvalue weighted by Gasteiger charge is -2.36. The van der Waals surface area contributed by atoms with Gasteiger partial charge in [-0.2, -0.15) is 12.7 Å². The summed E-state index contributed by atoms with van der Waals surface area (Å²) < 4.78 is 29.7. The second kappa shape index (κ2) is 15.5. The molecule has 1 atom stereocenters. The maximum absolute atomic E-state index is 14.6. The number of halogens is 2. The van der Waals surface area contributed by atoms with E-state index in [4.69, 9.17) is 23.2 Å². The van der Waals surface area contributed by atoms with Crippen LogP contribution in [0.2, 0.25) is 10.0 Å². The Morgan fingerprint density at radius 3 is 2.27 bits per heavy atom. The van der Waals surface area contributed by atoms with E-state index >= 15 is 0 Å². The van der Waals surface area contributed by atoms with E-state index < -0.39 is 28.7 Å². The topological polar surface area (TPSA) is 90.0 Å². The molecule has 2 amide bonds. The van der Waals surface area contributed by atoms with Crippen LogP contribution in [0.15, 0.2) is 66.7 Å². The van der Waals surface area contributed by atoms with Crippen molar-refractivity contribution in [1.29, 1.82) is 0 Å². The number of benzene rings is 3. The minimum atomic E-state index is -4.10. The van der Waals surface area contributed by atoms with Crippen molar-refractivity contribution in [2.24, 2.45) is 0 Å². The minimum absolute atomic E-state index is 0.0150. The van der Waals surface area contributed by atoms with E-state index in [1.165, 1.54) is 19.0 Å². The second-order valence-corrected chi connectivity index (χ2v) is 14.8. The number of rotatable bonds is 12. The highest BCUT2D eigenvalue weighted by Gasteiger charge is 2.36. The van der Waals surface area contributed by atoms with Crippen molar-refractivity contribution < 1.29 is 18.0 Å². The van der Waals surface area contributed by atoms with Crippen molar-refractivity contribution in [2.75, 3.05) is 24.9 Å². The molecule has 8 nitrogen and oxygen atoms in total. The highest BCUT2D eigenvalue weighted by molar-refractivity contribution is 7.90. The van der Waals surface area contributed by atoms with Crippen LogP contribution in [0.3, 0.4) is 0 Å². The third-order valence-corrected chi connectivity index (χ3v) is 10.6. The van der Waals surface area contributed by atoms with E-state index in [1.807, 2.05) is 49.4 Å². The van der Waals surface area contributed by atoms with E-state index in [-0.39, 0.29) is 24.9 Å². The largest absolute Gasteiger partial charge is 0.352 e. The first-order valence-corrected chi connectivity index (χ1v) is 17.4. The van der Waals surface area contributed by atoms with E-state index in [0.717, 1.165) is 51.8 Å². The third kappa shape index (κ3) is 9.00. The molecule has 4 rings (SSSR count). The monoisotopic (exact) mass is 672 g/mol. The quantitative estimate of drug-likeness (QED) is 0.244. The smallest absolute Gasteiger partial charge is 0.304 e. The van der Waals surface area contributed by atoms with Crippen LogP contribution in [0.1, 0.15) is 54.4 Å². The van der Waals surface area contributed by atoms with Gasteiger partial charge in [-0.15, -0.1) is 0 Å². The number of nitrogens with one attached hydrogen (secondary N) is 1. The Morgan fingerprint density at radius 1 is 0.933 bits per heavy atom. The summed E-state index contributed by atoms with van der Waals surface area (Å²) in [6, 6.07) is 19.0. The molecule has 3 aromatic carbocycles. The normalized spacial score (nSPS) is 14.6. The Kier molecular flexibility index (Phi) is 11.9. The van der Waals surface area contributed by atoms with Gasteiger partial charge in [0.25, 0.3) is 0 Å². The molecule has 3 aromatic rings. The zero-order chi connectivity index (χ0) is 32.7. The number of amides is 2. The van der Waals surface area contributed by atoms with Crippen molar-refractivity contribution in [1.82, 2.24) is 14.5 Å². The van der Waals surface area contributed by atoms with Gasteiger partial charge in [0.05, 0.1) is 5.69 Å². The average Bonchev–Trinajstić information content (AvgIpc) is 3.00. The van der Waals surface area contributed by atoms with Crippen molar-refractivity contribution >= 4 is 50.9 Å². The first-order chi connectivity index (χ1) is 21.4. The molecular formula is C34H42Cl2N4O4S. The number of carbonyl (C=O) groups excluding carboxylic acids is 2. The third-order valence-electron chi connectivity index (χ3n) is 8.23. The molecule has 1 aliphatic rings. The zero-order valence-electron chi connectivity index (χ0n) is 26.3. The molecule has 0 unspecified atom stereocenters. The number of hydrogen-bond donors (Lipinski definition) is 1. The van der Waals surface area contributed by atoms with Gasteiger partial charge in [0.1, 0.15) is 12.6 Å². The molecule has 11 heteroatoms. The van der Waals surface area contributed by atoms with Gasteiger partial charge in [-0.05, 0) is 67.1 Å². The molecule has 45 heavy (non-hydrogen) atoms. The van der Waals surface area contributed by atoms with Crippen LogP contribution in [0, 0.1) is 13.8 Å². The molecule has 0 aromatic heterocycles. The molecule has 0 radical (unpaired) electrons. The van der Waals surface area contributed by atoms with Gasteiger partial charge < -0.3 is 10.2 Å². The lowest BCUT2D eigenvalue weighted by molar-refractivity contribution is -0.140. The van der Waals surface area contributed by atoms with Crippen LogP contribution in [0.4, 0.5) is 5.69 Å². The molecule has 242 valence electrons. The summed E-state index contributed by atoms with van der Waals surface area (Å²) in [6.07, 6.45) is 5.19. The van der Waals surface area contributed by atoms with Gasteiger partial charge in [0.2, 0.25) is 11.8 Å². The molecule has 0 heterocycles. The minimum Gasteiger partial charge on any atom is -0.352 e. The standard InChI is InChI=1S/C34H42Cl2N4O4S/c1-24-15-16-25(2)31(19-24)40(45(43,44)38(3)4)23-33(41)39(22-27-17-18-28(35)21-30(27)36)32(20-26-11-7-5-8-12-26)34(42)37-29-13-9-6-10-14-29/h5,7-8,11-12,15-19,21,29,32H,6,9-10,13-14,20,22-23H2,1-4H3,(H,37,42)/t32-/m1/s1. The van der Waals surface area contributed by atoms with Crippen LogP contribution < -0.4 is 9.62 Å². The predicted molar refractivity (Wildman–Crippen MR) is 182 cm³/mol. The van der Waals surface area contributed by atoms with Gasteiger partial charge in [0.15, 0.2) is 0 Å². The highest BCUT2D eigenvalue weighted by Crippen LogP contribution is 2.28. The van der Waals surface area contributed by atoms with Crippen molar-refractivity contribution in [3.63, 3.8) is 0 Å². The maximum atomic E-state index is 14.6. The molecule has 0 bridgehead atoms. The Labute approximate surface area is 277 Å². The number of carbonyl (C=O) groups is 2. The first-order valence-electron chi connectivity index (χ1n) is 15.2. The molecule has 0 spiro atoms. The van der Waals surface area contributed by atoms with E-state index in [1.54, 1.807) is 31.2 Å². The first kappa shape index (κ1) is 34.8. The predicted octanol–water partition coefficient (Wildman–Crippen LogP) is 6.31. The van der Waals surface area contributed by atoms with Gasteiger partial charge >= 0.3 is 10.2 Å². The maximum Gasteiger partial charge on any atom is 0.304 e. The Balaban J connectivity index is 1.80. The van der Waals surface area contributed by atoms with E-state index in [2.05, 4.69) is 5.32 Å². The van der Waals surface area contributed by atoms with Crippen LogP contribution in [-0.2, 0) is 32.8 Å². The van der Waals surface area contributed by atoms with Gasteiger partial charge in [0, 0.05) is 43.1 Å². The molecule has 1 N–H and O–H groups in total. The van der Waals surface area contributed by atoms with Crippen LogP contribution in [0.5, 0.6) is 0 Å². The second-order valence-electron chi connectivity index (χ2n) is 11.9. The van der Waals surface area contributed by atoms with Crippen molar-refractivity contribution in [3.8, 4) is 0 Å². The van der Waals surface area contributed by atoms with Crippen LogP contribution in [0.25, 0.3) is 0 Å². The Hall–Kier alpha value is -3.11. The lowest BCUT2D eigenvalue weighted by atomic mass is 9.94. The Morgan fingerprint density at radius 2 is 1.62 bits per heavy atom. The van der Waals surface area contributed by atoms with Crippen LogP contribution >= 0.6 is 23.2 Å². The summed E-state index contributed by atoms with van der Waals surface area (Å²) in [4.78, 5) is 30.2. The summed E-state index contributed by atoms with van der Waals surface area (Å²) in [5.41, 5.74) is 3.40. The summed E-state index contributed by atoms with van der Waals surface area (Å²) in [5.74, 6) is -0.815. The zero-order valence-corrected chi connectivity index (χ0v) is 28.6. The highest BCUT2D eigenvalue weighted by atomic mass is 35.5. The van der Waals surface area contributed by atoms with Gasteiger partial charge in [-0.25, -0.2) is 4.31 Å². The Bertz CT molecular complexity index is 1590. The fourth-order valence-electron chi connectivity index (χ4n) is 5.62. The van der Waals surface area contributed by atoms with Crippen molar-refractivity contribution in [2.45, 2.75) is 71.0 Å². The SMILES string of the molecule is Cc1ccc(C)c(N(CC(=O)N(Cc2ccc(Cl)cc2Cl)[C@H](Cc2ccccc2)C(=O)NC2CCCCC2)S(=O)(=O)N(C)C)c1. The summed E-state index contributed by atoms with van der Waals surface area (Å²) in [7, 11) is -1.24. The summed E-state index contributed by atoms with van der Waals surface area (Å²) in [5, 5.41) is 3.99. The lowest BCUT2D eigenvalue weighted by Crippen LogP contribution is -2.55. The van der Waals surface area contributed by atoms with E-state index in [0.29, 0.717) is 26.9 Å².